The predicted octanol–water partition coefficient (Wildman–Crippen LogP) is 4.90. The molecule has 0 fully saturated rings. The topological polar surface area (TPSA) is 85.1 Å². The number of hydrogen-bond acceptors (Lipinski definition) is 5. The summed E-state index contributed by atoms with van der Waals surface area (Å²) in [5.41, 5.74) is 4.37. The molecule has 0 aliphatic rings. The minimum Gasteiger partial charge on any atom is -0.298 e. The van der Waals surface area contributed by atoms with E-state index >= 15 is 0 Å². The van der Waals surface area contributed by atoms with Crippen molar-refractivity contribution >= 4 is 28.1 Å². The highest BCUT2D eigenvalue weighted by Crippen LogP contribution is 2.28. The molecule has 2 aromatic carbocycles. The number of nitrogens with one attached hydrogen (secondary N) is 1. The van der Waals surface area contributed by atoms with Gasteiger partial charge in [-0.2, -0.15) is 0 Å². The Bertz CT molecular complexity index is 1010. The number of anilines is 1. The summed E-state index contributed by atoms with van der Waals surface area (Å²) in [6, 6.07) is 10.7. The third kappa shape index (κ3) is 3.48. The Morgan fingerprint density at radius 3 is 2.58 bits per heavy atom. The first-order valence-corrected chi connectivity index (χ1v) is 8.83. The van der Waals surface area contributed by atoms with Crippen molar-refractivity contribution in [3.05, 3.63) is 74.1 Å². The molecule has 1 N–H and O–H groups in total. The Morgan fingerprint density at radius 1 is 1.12 bits per heavy atom. The predicted molar refractivity (Wildman–Crippen MR) is 103 cm³/mol. The first-order valence-electron chi connectivity index (χ1n) is 7.95. The smallest absolute Gasteiger partial charge is 0.285 e. The number of nitro groups is 1. The average Bonchev–Trinajstić information content (AvgIpc) is 3.05. The molecule has 1 amide bonds. The van der Waals surface area contributed by atoms with Crippen LogP contribution in [0.3, 0.4) is 0 Å². The van der Waals surface area contributed by atoms with Crippen LogP contribution < -0.4 is 5.32 Å². The van der Waals surface area contributed by atoms with E-state index in [4.69, 9.17) is 0 Å². The standard InChI is InChI=1S/C19H17N3O3S/c1-11-7-8-14(9-13(11)3)16-10-26-19(20-16)21-18(23)15-6-4-5-12(2)17(15)22(24)25/h4-10H,1-3H3,(H,20,21,23). The molecule has 0 radical (unpaired) electrons. The van der Waals surface area contributed by atoms with Gasteiger partial charge in [-0.15, -0.1) is 11.3 Å². The molecule has 26 heavy (non-hydrogen) atoms. The molecule has 3 aromatic rings. The molecule has 0 saturated heterocycles. The highest BCUT2D eigenvalue weighted by molar-refractivity contribution is 7.14. The van der Waals surface area contributed by atoms with Gasteiger partial charge in [0.15, 0.2) is 5.13 Å². The lowest BCUT2D eigenvalue weighted by atomic mass is 10.1. The summed E-state index contributed by atoms with van der Waals surface area (Å²) in [5, 5.41) is 16.2. The number of aryl methyl sites for hydroxylation is 3. The van der Waals surface area contributed by atoms with Gasteiger partial charge in [0.2, 0.25) is 0 Å². The second-order valence-electron chi connectivity index (χ2n) is 6.02. The summed E-state index contributed by atoms with van der Waals surface area (Å²) in [7, 11) is 0. The van der Waals surface area contributed by atoms with Crippen molar-refractivity contribution in [3.63, 3.8) is 0 Å². The van der Waals surface area contributed by atoms with Crippen LogP contribution in [0.5, 0.6) is 0 Å². The molecule has 7 heteroatoms. The van der Waals surface area contributed by atoms with E-state index < -0.39 is 10.8 Å². The van der Waals surface area contributed by atoms with Crippen LogP contribution in [-0.2, 0) is 0 Å². The van der Waals surface area contributed by atoms with Crippen molar-refractivity contribution in [2.24, 2.45) is 0 Å². The molecular formula is C19H17N3O3S. The second kappa shape index (κ2) is 7.05. The van der Waals surface area contributed by atoms with Crippen LogP contribution in [0.2, 0.25) is 0 Å². The third-order valence-electron chi connectivity index (χ3n) is 4.19. The van der Waals surface area contributed by atoms with E-state index in [1.165, 1.54) is 23.0 Å². The number of carbonyl (C=O) groups is 1. The van der Waals surface area contributed by atoms with Crippen LogP contribution in [0.25, 0.3) is 11.3 Å². The number of aromatic nitrogens is 1. The average molecular weight is 367 g/mol. The molecule has 0 unspecified atom stereocenters. The number of para-hydroxylation sites is 1. The van der Waals surface area contributed by atoms with Gasteiger partial charge in [-0.05, 0) is 44.0 Å². The zero-order valence-corrected chi connectivity index (χ0v) is 15.4. The molecule has 132 valence electrons. The van der Waals surface area contributed by atoms with Gasteiger partial charge in [0, 0.05) is 16.5 Å². The molecule has 1 aromatic heterocycles. The molecule has 6 nitrogen and oxygen atoms in total. The number of hydrogen-bond donors (Lipinski definition) is 1. The fourth-order valence-corrected chi connectivity index (χ4v) is 3.33. The Hall–Kier alpha value is -3.06. The zero-order chi connectivity index (χ0) is 18.8. The summed E-state index contributed by atoms with van der Waals surface area (Å²) in [6.45, 7) is 5.68. The Balaban J connectivity index is 1.86. The van der Waals surface area contributed by atoms with Crippen LogP contribution in [0.1, 0.15) is 27.0 Å². The largest absolute Gasteiger partial charge is 0.298 e. The fraction of sp³-hybridized carbons (Fsp3) is 0.158. The summed E-state index contributed by atoms with van der Waals surface area (Å²) in [5.74, 6) is -0.540. The van der Waals surface area contributed by atoms with E-state index in [2.05, 4.69) is 10.3 Å². The van der Waals surface area contributed by atoms with Gasteiger partial charge in [0.1, 0.15) is 5.56 Å². The third-order valence-corrected chi connectivity index (χ3v) is 4.95. The Morgan fingerprint density at radius 2 is 1.88 bits per heavy atom. The van der Waals surface area contributed by atoms with Crippen molar-refractivity contribution in [2.45, 2.75) is 20.8 Å². The maximum atomic E-state index is 12.5. The number of rotatable bonds is 4. The van der Waals surface area contributed by atoms with Gasteiger partial charge in [-0.1, -0.05) is 24.3 Å². The molecule has 0 atom stereocenters. The van der Waals surface area contributed by atoms with E-state index in [0.717, 1.165) is 16.8 Å². The number of amides is 1. The van der Waals surface area contributed by atoms with Gasteiger partial charge >= 0.3 is 0 Å². The van der Waals surface area contributed by atoms with Crippen molar-refractivity contribution in [1.82, 2.24) is 4.98 Å². The maximum Gasteiger partial charge on any atom is 0.285 e. The van der Waals surface area contributed by atoms with E-state index in [0.29, 0.717) is 10.7 Å². The summed E-state index contributed by atoms with van der Waals surface area (Å²) < 4.78 is 0. The maximum absolute atomic E-state index is 12.5. The number of nitrogens with zero attached hydrogens (tertiary/aromatic N) is 2. The Labute approximate surface area is 154 Å². The quantitative estimate of drug-likeness (QED) is 0.525. The van der Waals surface area contributed by atoms with E-state index in [9.17, 15) is 14.9 Å². The molecule has 3 rings (SSSR count). The number of carbonyl (C=O) groups excluding carboxylic acids is 1. The lowest BCUT2D eigenvalue weighted by Gasteiger charge is -2.05. The van der Waals surface area contributed by atoms with Crippen LogP contribution in [-0.4, -0.2) is 15.8 Å². The zero-order valence-electron chi connectivity index (χ0n) is 14.6. The summed E-state index contributed by atoms with van der Waals surface area (Å²) in [6.07, 6.45) is 0. The SMILES string of the molecule is Cc1ccc(-c2csc(NC(=O)c3cccc(C)c3[N+](=O)[O-])n2)cc1C. The monoisotopic (exact) mass is 367 g/mol. The fourth-order valence-electron chi connectivity index (χ4n) is 2.61. The minimum atomic E-state index is -0.540. The normalized spacial score (nSPS) is 10.6. The minimum absolute atomic E-state index is 0.0259. The van der Waals surface area contributed by atoms with E-state index in [1.807, 2.05) is 37.4 Å². The van der Waals surface area contributed by atoms with Gasteiger partial charge in [-0.25, -0.2) is 4.98 Å². The van der Waals surface area contributed by atoms with Crippen LogP contribution in [0.4, 0.5) is 10.8 Å². The van der Waals surface area contributed by atoms with Crippen LogP contribution in [0, 0.1) is 30.9 Å². The summed E-state index contributed by atoms with van der Waals surface area (Å²) >= 11 is 1.28. The van der Waals surface area contributed by atoms with Crippen molar-refractivity contribution < 1.29 is 9.72 Å². The highest BCUT2D eigenvalue weighted by atomic mass is 32.1. The molecule has 0 aliphatic carbocycles. The number of benzene rings is 2. The van der Waals surface area contributed by atoms with E-state index in [-0.39, 0.29) is 11.3 Å². The Kier molecular flexibility index (Phi) is 4.81. The molecule has 0 bridgehead atoms. The number of thiazole rings is 1. The van der Waals surface area contributed by atoms with Gasteiger partial charge in [0.25, 0.3) is 11.6 Å². The van der Waals surface area contributed by atoms with Gasteiger partial charge in [0.05, 0.1) is 10.6 Å². The lowest BCUT2D eigenvalue weighted by Crippen LogP contribution is -2.14. The van der Waals surface area contributed by atoms with Gasteiger partial charge < -0.3 is 0 Å². The van der Waals surface area contributed by atoms with Crippen molar-refractivity contribution in [2.75, 3.05) is 5.32 Å². The van der Waals surface area contributed by atoms with E-state index in [1.54, 1.807) is 19.1 Å². The first-order chi connectivity index (χ1) is 12.4. The molecule has 0 aliphatic heterocycles. The van der Waals surface area contributed by atoms with Crippen molar-refractivity contribution in [3.8, 4) is 11.3 Å². The van der Waals surface area contributed by atoms with Crippen LogP contribution in [0.15, 0.2) is 41.8 Å². The molecule has 1 heterocycles. The van der Waals surface area contributed by atoms with Crippen LogP contribution >= 0.6 is 11.3 Å². The molecule has 0 spiro atoms. The van der Waals surface area contributed by atoms with Gasteiger partial charge in [-0.3, -0.25) is 20.2 Å². The molecular weight excluding hydrogens is 350 g/mol. The summed E-state index contributed by atoms with van der Waals surface area (Å²) in [4.78, 5) is 27.6. The first kappa shape index (κ1) is 17.8. The second-order valence-corrected chi connectivity index (χ2v) is 6.88. The highest BCUT2D eigenvalue weighted by Gasteiger charge is 2.23. The van der Waals surface area contributed by atoms with Crippen molar-refractivity contribution in [1.29, 1.82) is 0 Å². The lowest BCUT2D eigenvalue weighted by molar-refractivity contribution is -0.385. The number of nitro benzene ring substituents is 1. The molecule has 0 saturated carbocycles.